The van der Waals surface area contributed by atoms with Gasteiger partial charge in [0.05, 0.1) is 45.2 Å². The molecule has 0 unspecified atom stereocenters. The van der Waals surface area contributed by atoms with Gasteiger partial charge in [0.2, 0.25) is 82.7 Å². The number of aliphatic carboxylic acids is 2. The molecule has 41 nitrogen and oxygen atoms in total. The van der Waals surface area contributed by atoms with E-state index in [9.17, 15) is 96.8 Å². The average molecular weight is 1480 g/mol. The summed E-state index contributed by atoms with van der Waals surface area (Å²) in [6.45, 7) is -0.971. The summed E-state index contributed by atoms with van der Waals surface area (Å²) < 4.78 is 0. The number of aliphatic imine (C=N–C) groups is 1. The molecule has 0 aliphatic carbocycles. The molecule has 16 amide bonds. The van der Waals surface area contributed by atoms with Gasteiger partial charge in [0.15, 0.2) is 5.96 Å². The molecule has 1 aliphatic rings. The average Bonchev–Trinajstić information content (AvgIpc) is 1.67. The topological polar surface area (TPSA) is 669 Å². The number of aliphatic hydroxyl groups excluding tert-OH is 1. The molecule has 1 aromatic carbocycles. The van der Waals surface area contributed by atoms with Gasteiger partial charge in [-0.05, 0) is 62.5 Å². The first-order valence-corrected chi connectivity index (χ1v) is 33.2. The van der Waals surface area contributed by atoms with Gasteiger partial charge in [0, 0.05) is 61.1 Å². The minimum atomic E-state index is -2.03. The van der Waals surface area contributed by atoms with Crippen LogP contribution in [0.2, 0.25) is 0 Å². The minimum Gasteiger partial charge on any atom is -0.481 e. The molecule has 0 spiro atoms. The molecule has 1 fully saturated rings. The lowest BCUT2D eigenvalue weighted by molar-refractivity contribution is -0.143. The van der Waals surface area contributed by atoms with Crippen LogP contribution in [0.4, 0.5) is 4.79 Å². The van der Waals surface area contributed by atoms with Crippen molar-refractivity contribution in [2.75, 3.05) is 63.9 Å². The summed E-state index contributed by atoms with van der Waals surface area (Å²) in [4.78, 5) is 229. The van der Waals surface area contributed by atoms with E-state index in [0.717, 1.165) is 4.90 Å². The van der Waals surface area contributed by atoms with E-state index in [1.165, 1.54) is 0 Å². The summed E-state index contributed by atoms with van der Waals surface area (Å²) in [7, 11) is 0. The third-order valence-electron chi connectivity index (χ3n) is 15.3. The normalized spacial score (nSPS) is 15.0. The molecule has 10 atom stereocenters. The van der Waals surface area contributed by atoms with E-state index in [1.807, 2.05) is 0 Å². The number of amides is 16. The predicted octanol–water partition coefficient (Wildman–Crippen LogP) is -9.79. The highest BCUT2D eigenvalue weighted by Crippen LogP contribution is 2.21. The number of nitrogens with one attached hydrogen (secondary N) is 14. The number of H-pyrrole nitrogens is 1. The number of fused-ring (bicyclic) bond motifs is 1. The van der Waals surface area contributed by atoms with Crippen molar-refractivity contribution in [1.29, 1.82) is 0 Å². The molecule has 1 saturated heterocycles. The molecule has 2 aromatic rings. The van der Waals surface area contributed by atoms with Crippen LogP contribution in [0.3, 0.4) is 0 Å². The highest BCUT2D eigenvalue weighted by Gasteiger charge is 2.39. The number of aliphatic hydroxyl groups is 1. The summed E-state index contributed by atoms with van der Waals surface area (Å²) in [6, 6.07) is -9.04. The number of carbonyl (C=O) groups excluding carboxylic acids is 15. The van der Waals surface area contributed by atoms with Gasteiger partial charge in [0.25, 0.3) is 0 Å². The molecule has 0 bridgehead atoms. The Balaban J connectivity index is 1.70. The van der Waals surface area contributed by atoms with Gasteiger partial charge in [-0.3, -0.25) is 76.9 Å². The predicted molar refractivity (Wildman–Crippen MR) is 367 cm³/mol. The Kier molecular flexibility index (Phi) is 36.8. The summed E-state index contributed by atoms with van der Waals surface area (Å²) >= 11 is 8.27. The van der Waals surface area contributed by atoms with Crippen molar-refractivity contribution >= 4 is 143 Å². The number of hydrogen-bond acceptors (Lipinski definition) is 22. The SMILES string of the molecule is CC(C)[C@H](N)C(=O)NCC(=O)N[C@@H](Cc1c[nH]c2ccccc12)C(=O)NCC(=O)N[C@@H](CS)C(=O)N[C@@H](CC(=O)O)C(=O)N[C@@H](CO)C(=O)N[C@@H](CCCNC(N)=O)C(=O)NCC(=O)N[C@@H](CS)C(=O)N[C@@H](CCCN=C(N)N)C(=O)N1CCC[C@H]1C(=O)NCC(=O)N[C@@H](CCC(N)=O)C(=O)O. The third kappa shape index (κ3) is 30.1. The fraction of sp³-hybridized carbons (Fsp3) is 0.559. The van der Waals surface area contributed by atoms with E-state index in [4.69, 9.17) is 28.7 Å². The van der Waals surface area contributed by atoms with Gasteiger partial charge in [-0.15, -0.1) is 0 Å². The Morgan fingerprint density at radius 3 is 1.63 bits per heavy atom. The van der Waals surface area contributed by atoms with E-state index in [0.29, 0.717) is 22.9 Å². The van der Waals surface area contributed by atoms with Gasteiger partial charge in [-0.25, -0.2) is 9.59 Å². The number of nitrogens with zero attached hydrogens (tertiary/aromatic N) is 2. The Morgan fingerprint density at radius 1 is 0.588 bits per heavy atom. The molecule has 564 valence electrons. The zero-order valence-electron chi connectivity index (χ0n) is 55.8. The quantitative estimate of drug-likeness (QED) is 0.0127. The van der Waals surface area contributed by atoms with E-state index < -0.39 is 212 Å². The van der Waals surface area contributed by atoms with Crippen LogP contribution in [0.15, 0.2) is 35.5 Å². The van der Waals surface area contributed by atoms with Crippen molar-refractivity contribution in [3.8, 4) is 0 Å². The number of carbonyl (C=O) groups is 17. The molecule has 1 aromatic heterocycles. The molecule has 43 heteroatoms. The van der Waals surface area contributed by atoms with Crippen molar-refractivity contribution < 1.29 is 96.8 Å². The number of nitrogens with two attached hydrogens (primary N) is 5. The first-order chi connectivity index (χ1) is 48.2. The Bertz CT molecular complexity index is 3370. The second kappa shape index (κ2) is 43.9. The highest BCUT2D eigenvalue weighted by molar-refractivity contribution is 7.80. The maximum absolute atomic E-state index is 14.2. The van der Waals surface area contributed by atoms with E-state index >= 15 is 0 Å². The highest BCUT2D eigenvalue weighted by atomic mass is 32.1. The number of primary amides is 2. The first kappa shape index (κ1) is 85.7. The molecular formula is C59H91N21O20S2. The molecule has 27 N–H and O–H groups in total. The molecule has 3 rings (SSSR count). The molecule has 1 aliphatic heterocycles. The largest absolute Gasteiger partial charge is 0.481 e. The molecule has 0 radical (unpaired) electrons. The Morgan fingerprint density at radius 2 is 1.09 bits per heavy atom. The standard InChI is InChI=1S/C59H91N21O20S2/c1-28(2)47(61)55(96)71-24-43(84)73-35(18-29-20-67-31-9-4-3-8-30(29)31)49(90)69-22-45(86)75-39(27-102)53(94)78-36(19-46(87)88)50(91)79-37(25-81)51(92)76-32(10-5-16-66-59(64)100)48(89)68-21-44(85)74-38(26-101)52(93)77-33(11-6-15-65-58(62)63)56(97)80-17-7-12-40(80)54(95)70-23-42(83)72-34(57(98)99)13-14-41(60)82/h3-4,8-9,20,28,32-40,47,67,81,101-102H,5-7,10-19,21-27,61H2,1-2H3,(H2,60,82)(H,68,89)(H,69,90)(H,70,95)(H,71,96)(H,72,83)(H,73,84)(H,74,85)(H,75,86)(H,76,92)(H,77,93)(H,78,94)(H,79,91)(H,87,88)(H,98,99)(H4,62,63,65)(H3,64,66,100)/t32-,33-,34-,35-,36-,37-,38-,39-,40-,47-/m0/s1. The van der Waals surface area contributed by atoms with Crippen LogP contribution in [-0.2, 0) is 83.1 Å². The van der Waals surface area contributed by atoms with Crippen LogP contribution in [0.25, 0.3) is 10.9 Å². The summed E-state index contributed by atoms with van der Waals surface area (Å²) in [5.41, 5.74) is 28.3. The van der Waals surface area contributed by atoms with Crippen LogP contribution in [0, 0.1) is 5.92 Å². The van der Waals surface area contributed by atoms with Gasteiger partial charge in [-0.1, -0.05) is 32.0 Å². The van der Waals surface area contributed by atoms with Crippen molar-refractivity contribution in [2.45, 2.75) is 138 Å². The number of aromatic amines is 1. The fourth-order valence-corrected chi connectivity index (χ4v) is 10.3. The van der Waals surface area contributed by atoms with Crippen LogP contribution >= 0.6 is 25.3 Å². The maximum atomic E-state index is 14.2. The number of hydrogen-bond donors (Lipinski definition) is 24. The molecule has 0 saturated carbocycles. The third-order valence-corrected chi connectivity index (χ3v) is 16.0. The molecular weight excluding hydrogens is 1390 g/mol. The lowest BCUT2D eigenvalue weighted by Gasteiger charge is -2.29. The zero-order valence-corrected chi connectivity index (χ0v) is 57.6. The number of para-hydroxylation sites is 1. The van der Waals surface area contributed by atoms with Crippen molar-refractivity contribution in [2.24, 2.45) is 39.6 Å². The Labute approximate surface area is 594 Å². The van der Waals surface area contributed by atoms with Crippen molar-refractivity contribution in [3.63, 3.8) is 0 Å². The van der Waals surface area contributed by atoms with E-state index in [1.54, 1.807) is 44.3 Å². The summed E-state index contributed by atoms with van der Waals surface area (Å²) in [5, 5.41) is 60.2. The first-order valence-electron chi connectivity index (χ1n) is 31.9. The Hall–Kier alpha value is -10.6. The van der Waals surface area contributed by atoms with Gasteiger partial charge in [-0.2, -0.15) is 25.3 Å². The second-order valence-electron chi connectivity index (χ2n) is 23.5. The monoisotopic (exact) mass is 1480 g/mol. The van der Waals surface area contributed by atoms with Crippen LogP contribution < -0.4 is 97.8 Å². The van der Waals surface area contributed by atoms with Gasteiger partial charge >= 0.3 is 18.0 Å². The number of thiol groups is 2. The maximum Gasteiger partial charge on any atom is 0.326 e. The lowest BCUT2D eigenvalue weighted by Crippen LogP contribution is -2.60. The molecule has 2 heterocycles. The molecule has 102 heavy (non-hydrogen) atoms. The van der Waals surface area contributed by atoms with Gasteiger partial charge in [0.1, 0.15) is 54.4 Å². The number of carboxylic acids is 2. The number of urea groups is 1. The summed E-state index contributed by atoms with van der Waals surface area (Å²) in [5.74, 6) is -18.1. The minimum absolute atomic E-state index is 0.00941. The lowest BCUT2D eigenvalue weighted by atomic mass is 10.0. The number of benzene rings is 1. The number of guanidine groups is 1. The number of aromatic nitrogens is 1. The van der Waals surface area contributed by atoms with E-state index in [-0.39, 0.29) is 82.9 Å². The van der Waals surface area contributed by atoms with E-state index in [2.05, 4.69) is 104 Å². The number of carboxylic acid groups (broad SMARTS) is 2. The summed E-state index contributed by atoms with van der Waals surface area (Å²) in [6.07, 6.45) is -0.373. The zero-order chi connectivity index (χ0) is 76.3. The van der Waals surface area contributed by atoms with Gasteiger partial charge < -0.3 is 123 Å². The van der Waals surface area contributed by atoms with Crippen LogP contribution in [0.5, 0.6) is 0 Å². The second-order valence-corrected chi connectivity index (χ2v) is 24.2. The van der Waals surface area contributed by atoms with Crippen LogP contribution in [-0.4, -0.2) is 256 Å². The van der Waals surface area contributed by atoms with Crippen molar-refractivity contribution in [3.05, 3.63) is 36.0 Å². The smallest absolute Gasteiger partial charge is 0.326 e. The van der Waals surface area contributed by atoms with Crippen LogP contribution in [0.1, 0.15) is 77.2 Å². The fourth-order valence-electron chi connectivity index (χ4n) is 9.82. The number of likely N-dealkylation sites (tertiary alicyclic amines) is 1. The van der Waals surface area contributed by atoms with Crippen molar-refractivity contribution in [1.82, 2.24) is 79.0 Å². The number of rotatable bonds is 45.